The highest BCUT2D eigenvalue weighted by atomic mass is 16.6. The first kappa shape index (κ1) is 16.7. The number of nitrogens with one attached hydrogen (secondary N) is 1. The van der Waals surface area contributed by atoms with Crippen LogP contribution in [0.4, 0.5) is 4.79 Å². The second-order valence-corrected chi connectivity index (χ2v) is 5.55. The van der Waals surface area contributed by atoms with Crippen LogP contribution in [0.1, 0.15) is 38.1 Å². The van der Waals surface area contributed by atoms with E-state index in [1.54, 1.807) is 27.7 Å². The standard InChI is InChI=1S/C14H20N2O5/c1-9(16-13(19)21-14(2,3)4)8-20-11-7-10(12(17)18)5-6-15-11/h5-7,9H,8H2,1-4H3,(H,16,19)(H,17,18). The van der Waals surface area contributed by atoms with E-state index in [1.165, 1.54) is 18.3 Å². The number of amides is 1. The summed E-state index contributed by atoms with van der Waals surface area (Å²) in [5.74, 6) is -0.866. The molecule has 0 saturated heterocycles. The summed E-state index contributed by atoms with van der Waals surface area (Å²) >= 11 is 0. The number of ether oxygens (including phenoxy) is 2. The number of alkyl carbamates (subject to hydrolysis) is 1. The third-order valence-electron chi connectivity index (χ3n) is 2.23. The van der Waals surface area contributed by atoms with Crippen LogP contribution in [-0.2, 0) is 4.74 Å². The molecule has 0 bridgehead atoms. The number of aromatic carboxylic acids is 1. The lowest BCUT2D eigenvalue weighted by molar-refractivity contribution is 0.0493. The predicted molar refractivity (Wildman–Crippen MR) is 75.5 cm³/mol. The molecule has 0 saturated carbocycles. The van der Waals surface area contributed by atoms with Crippen LogP contribution in [0.25, 0.3) is 0 Å². The molecule has 0 aliphatic rings. The number of carboxylic acid groups (broad SMARTS) is 1. The Morgan fingerprint density at radius 3 is 2.67 bits per heavy atom. The molecule has 116 valence electrons. The van der Waals surface area contributed by atoms with Gasteiger partial charge in [0.25, 0.3) is 0 Å². The van der Waals surface area contributed by atoms with Crippen LogP contribution in [-0.4, -0.2) is 40.4 Å². The summed E-state index contributed by atoms with van der Waals surface area (Å²) in [6, 6.07) is 2.38. The Morgan fingerprint density at radius 2 is 2.10 bits per heavy atom. The lowest BCUT2D eigenvalue weighted by Gasteiger charge is -2.21. The van der Waals surface area contributed by atoms with Gasteiger partial charge in [0.2, 0.25) is 5.88 Å². The van der Waals surface area contributed by atoms with Crippen molar-refractivity contribution in [2.24, 2.45) is 0 Å². The molecule has 1 aromatic rings. The fraction of sp³-hybridized carbons (Fsp3) is 0.500. The smallest absolute Gasteiger partial charge is 0.407 e. The highest BCUT2D eigenvalue weighted by Gasteiger charge is 2.18. The molecule has 2 N–H and O–H groups in total. The van der Waals surface area contributed by atoms with Crippen LogP contribution in [0.3, 0.4) is 0 Å². The first-order valence-electron chi connectivity index (χ1n) is 6.49. The Morgan fingerprint density at radius 1 is 1.43 bits per heavy atom. The Hall–Kier alpha value is -2.31. The number of pyridine rings is 1. The Labute approximate surface area is 123 Å². The molecule has 7 nitrogen and oxygen atoms in total. The van der Waals surface area contributed by atoms with Crippen molar-refractivity contribution in [2.45, 2.75) is 39.3 Å². The fourth-order valence-electron chi connectivity index (χ4n) is 1.38. The molecule has 0 aromatic carbocycles. The Bertz CT molecular complexity index is 510. The van der Waals surface area contributed by atoms with Gasteiger partial charge in [-0.2, -0.15) is 0 Å². The average molecular weight is 296 g/mol. The fourth-order valence-corrected chi connectivity index (χ4v) is 1.38. The summed E-state index contributed by atoms with van der Waals surface area (Å²) in [7, 11) is 0. The first-order chi connectivity index (χ1) is 9.67. The first-order valence-corrected chi connectivity index (χ1v) is 6.49. The van der Waals surface area contributed by atoms with Gasteiger partial charge in [-0.05, 0) is 33.8 Å². The Balaban J connectivity index is 2.46. The van der Waals surface area contributed by atoms with Crippen LogP contribution in [0, 0.1) is 0 Å². The van der Waals surface area contributed by atoms with Gasteiger partial charge in [-0.15, -0.1) is 0 Å². The van der Waals surface area contributed by atoms with E-state index < -0.39 is 17.7 Å². The van der Waals surface area contributed by atoms with E-state index in [0.717, 1.165) is 0 Å². The molecule has 0 radical (unpaired) electrons. The topological polar surface area (TPSA) is 97.8 Å². The molecular formula is C14H20N2O5. The van der Waals surface area contributed by atoms with Gasteiger partial charge >= 0.3 is 12.1 Å². The van der Waals surface area contributed by atoms with Gasteiger partial charge < -0.3 is 19.9 Å². The van der Waals surface area contributed by atoms with Crippen LogP contribution >= 0.6 is 0 Å². The highest BCUT2D eigenvalue weighted by Crippen LogP contribution is 2.10. The highest BCUT2D eigenvalue weighted by molar-refractivity contribution is 5.87. The molecule has 0 spiro atoms. The molecule has 1 aromatic heterocycles. The van der Waals surface area contributed by atoms with Crippen molar-refractivity contribution in [3.05, 3.63) is 23.9 Å². The molecule has 21 heavy (non-hydrogen) atoms. The van der Waals surface area contributed by atoms with Crippen molar-refractivity contribution in [3.63, 3.8) is 0 Å². The third kappa shape index (κ3) is 6.60. The lowest BCUT2D eigenvalue weighted by Crippen LogP contribution is -2.40. The van der Waals surface area contributed by atoms with Crippen molar-refractivity contribution >= 4 is 12.1 Å². The van der Waals surface area contributed by atoms with Gasteiger partial charge in [0.1, 0.15) is 12.2 Å². The van der Waals surface area contributed by atoms with Gasteiger partial charge in [0.15, 0.2) is 0 Å². The number of aromatic nitrogens is 1. The Kier molecular flexibility index (Phi) is 5.52. The number of rotatable bonds is 5. The number of carbonyl (C=O) groups is 2. The van der Waals surface area contributed by atoms with E-state index in [0.29, 0.717) is 0 Å². The van der Waals surface area contributed by atoms with Crippen molar-refractivity contribution in [3.8, 4) is 5.88 Å². The van der Waals surface area contributed by atoms with Crippen LogP contribution in [0.2, 0.25) is 0 Å². The molecule has 0 fully saturated rings. The predicted octanol–water partition coefficient (Wildman–Crippen LogP) is 2.07. The zero-order chi connectivity index (χ0) is 16.0. The quantitative estimate of drug-likeness (QED) is 0.863. The minimum Gasteiger partial charge on any atom is -0.478 e. The van der Waals surface area contributed by atoms with Crippen LogP contribution < -0.4 is 10.1 Å². The number of carboxylic acids is 1. The molecular weight excluding hydrogens is 276 g/mol. The summed E-state index contributed by atoms with van der Waals surface area (Å²) < 4.78 is 10.5. The van der Waals surface area contributed by atoms with E-state index in [-0.39, 0.29) is 24.1 Å². The second-order valence-electron chi connectivity index (χ2n) is 5.55. The zero-order valence-corrected chi connectivity index (χ0v) is 12.5. The van der Waals surface area contributed by atoms with Crippen molar-refractivity contribution in [1.29, 1.82) is 0 Å². The normalized spacial score (nSPS) is 12.4. The molecule has 7 heteroatoms. The number of nitrogens with zero attached hydrogens (tertiary/aromatic N) is 1. The van der Waals surface area contributed by atoms with E-state index in [9.17, 15) is 9.59 Å². The molecule has 1 rings (SSSR count). The van der Waals surface area contributed by atoms with Gasteiger partial charge in [0.05, 0.1) is 11.6 Å². The van der Waals surface area contributed by atoms with Gasteiger partial charge in [-0.1, -0.05) is 0 Å². The molecule has 0 aliphatic carbocycles. The summed E-state index contributed by atoms with van der Waals surface area (Å²) in [6.45, 7) is 7.21. The van der Waals surface area contributed by atoms with E-state index in [1.807, 2.05) is 0 Å². The number of hydrogen-bond acceptors (Lipinski definition) is 5. The maximum Gasteiger partial charge on any atom is 0.407 e. The molecule has 1 atom stereocenters. The molecule has 0 aliphatic heterocycles. The minimum absolute atomic E-state index is 0.0905. The second kappa shape index (κ2) is 6.92. The van der Waals surface area contributed by atoms with Crippen LogP contribution in [0.5, 0.6) is 5.88 Å². The SMILES string of the molecule is CC(COc1cc(C(=O)O)ccn1)NC(=O)OC(C)(C)C. The summed E-state index contributed by atoms with van der Waals surface area (Å²) in [5.41, 5.74) is -0.477. The summed E-state index contributed by atoms with van der Waals surface area (Å²) in [6.07, 6.45) is 0.816. The average Bonchev–Trinajstić information content (AvgIpc) is 2.34. The molecule has 1 heterocycles. The lowest BCUT2D eigenvalue weighted by atomic mass is 10.2. The van der Waals surface area contributed by atoms with Crippen LogP contribution in [0.15, 0.2) is 18.3 Å². The van der Waals surface area contributed by atoms with E-state index >= 15 is 0 Å². The van der Waals surface area contributed by atoms with Gasteiger partial charge in [-0.3, -0.25) is 0 Å². The van der Waals surface area contributed by atoms with Gasteiger partial charge in [-0.25, -0.2) is 14.6 Å². The number of hydrogen-bond donors (Lipinski definition) is 2. The van der Waals surface area contributed by atoms with Gasteiger partial charge in [0, 0.05) is 12.3 Å². The van der Waals surface area contributed by atoms with Crippen molar-refractivity contribution in [1.82, 2.24) is 10.3 Å². The largest absolute Gasteiger partial charge is 0.478 e. The summed E-state index contributed by atoms with van der Waals surface area (Å²) in [5, 5.41) is 11.5. The maximum absolute atomic E-state index is 11.5. The van der Waals surface area contributed by atoms with E-state index in [2.05, 4.69) is 10.3 Å². The molecule has 1 amide bonds. The van der Waals surface area contributed by atoms with Crippen molar-refractivity contribution < 1.29 is 24.2 Å². The summed E-state index contributed by atoms with van der Waals surface area (Å²) in [4.78, 5) is 26.3. The van der Waals surface area contributed by atoms with Crippen molar-refractivity contribution in [2.75, 3.05) is 6.61 Å². The third-order valence-corrected chi connectivity index (χ3v) is 2.23. The van der Waals surface area contributed by atoms with E-state index in [4.69, 9.17) is 14.6 Å². The number of carbonyl (C=O) groups excluding carboxylic acids is 1. The molecule has 1 unspecified atom stereocenters. The maximum atomic E-state index is 11.5. The zero-order valence-electron chi connectivity index (χ0n) is 12.5. The monoisotopic (exact) mass is 296 g/mol. The minimum atomic E-state index is -1.05.